The van der Waals surface area contributed by atoms with Crippen LogP contribution in [0.1, 0.15) is 33.4 Å². The normalized spacial score (nSPS) is 17.9. The van der Waals surface area contributed by atoms with Crippen LogP contribution in [0.2, 0.25) is 0 Å². The number of aromatic amines is 1. The molecule has 0 bridgehead atoms. The first-order valence-corrected chi connectivity index (χ1v) is 8.19. The minimum atomic E-state index is -0.0619. The first-order valence-electron chi connectivity index (χ1n) is 7.37. The molecular weight excluding hydrogens is 296 g/mol. The summed E-state index contributed by atoms with van der Waals surface area (Å²) in [6.07, 6.45) is 4.12. The van der Waals surface area contributed by atoms with Gasteiger partial charge < -0.3 is 10.6 Å². The number of fused-ring (bicyclic) bond motifs is 1. The van der Waals surface area contributed by atoms with Gasteiger partial charge in [0.1, 0.15) is 0 Å². The molecule has 0 saturated carbocycles. The van der Waals surface area contributed by atoms with E-state index in [0.29, 0.717) is 6.04 Å². The Hall–Kier alpha value is -2.18. The number of benzene rings is 1. The van der Waals surface area contributed by atoms with Gasteiger partial charge in [0, 0.05) is 22.0 Å². The summed E-state index contributed by atoms with van der Waals surface area (Å²) >= 11 is 1.57. The van der Waals surface area contributed by atoms with Crippen molar-refractivity contribution >= 4 is 33.8 Å². The highest BCUT2D eigenvalue weighted by Crippen LogP contribution is 2.29. The van der Waals surface area contributed by atoms with Gasteiger partial charge in [0.05, 0.1) is 16.6 Å². The smallest absolute Gasteiger partial charge is 0.265 e. The highest BCUT2D eigenvalue weighted by molar-refractivity contribution is 7.14. The quantitative estimate of drug-likeness (QED) is 0.695. The minimum absolute atomic E-state index is 0.0619. The number of anilines is 1. The summed E-state index contributed by atoms with van der Waals surface area (Å²) in [6, 6.07) is 10.1. The first-order chi connectivity index (χ1) is 10.8. The van der Waals surface area contributed by atoms with E-state index in [1.807, 2.05) is 24.3 Å². The van der Waals surface area contributed by atoms with E-state index in [1.54, 1.807) is 17.5 Å². The molecule has 22 heavy (non-hydrogen) atoms. The van der Waals surface area contributed by atoms with E-state index in [0.717, 1.165) is 34.4 Å². The molecule has 4 rings (SSSR count). The second-order valence-electron chi connectivity index (χ2n) is 5.48. The topological polar surface area (TPSA) is 69.8 Å². The van der Waals surface area contributed by atoms with Crippen molar-refractivity contribution in [1.82, 2.24) is 15.5 Å². The number of thiophene rings is 1. The average molecular weight is 312 g/mol. The Morgan fingerprint density at radius 3 is 3.14 bits per heavy atom. The standard InChI is InChI=1S/C16H16N4OS/c21-16(15-6-5-14(22-15)12-2-1-7-17-12)19-11-4-3-10-9-18-20-13(10)8-11/h3-6,8-9,12,17H,1-2,7H2,(H,18,20)(H,19,21). The Bertz CT molecular complexity index is 816. The molecule has 3 heterocycles. The fourth-order valence-electron chi connectivity index (χ4n) is 2.80. The fourth-order valence-corrected chi connectivity index (χ4v) is 3.81. The van der Waals surface area contributed by atoms with Crippen molar-refractivity contribution < 1.29 is 4.79 Å². The molecule has 0 radical (unpaired) electrons. The second-order valence-corrected chi connectivity index (χ2v) is 6.59. The van der Waals surface area contributed by atoms with Crippen LogP contribution in [0.4, 0.5) is 5.69 Å². The van der Waals surface area contributed by atoms with Gasteiger partial charge in [-0.1, -0.05) is 0 Å². The third kappa shape index (κ3) is 2.51. The Balaban J connectivity index is 1.51. The molecule has 3 aromatic rings. The lowest BCUT2D eigenvalue weighted by molar-refractivity contribution is 0.103. The molecule has 1 saturated heterocycles. The van der Waals surface area contributed by atoms with Gasteiger partial charge in [-0.05, 0) is 49.7 Å². The van der Waals surface area contributed by atoms with Crippen molar-refractivity contribution in [2.45, 2.75) is 18.9 Å². The van der Waals surface area contributed by atoms with E-state index in [-0.39, 0.29) is 5.91 Å². The number of rotatable bonds is 3. The van der Waals surface area contributed by atoms with Crippen molar-refractivity contribution in [1.29, 1.82) is 0 Å². The first kappa shape index (κ1) is 13.5. The van der Waals surface area contributed by atoms with Crippen molar-refractivity contribution in [3.63, 3.8) is 0 Å². The molecular formula is C16H16N4OS. The second kappa shape index (κ2) is 5.55. The number of hydrogen-bond donors (Lipinski definition) is 3. The van der Waals surface area contributed by atoms with E-state index in [1.165, 1.54) is 11.3 Å². The number of amides is 1. The Morgan fingerprint density at radius 1 is 1.32 bits per heavy atom. The van der Waals surface area contributed by atoms with Crippen LogP contribution in [-0.4, -0.2) is 22.6 Å². The van der Waals surface area contributed by atoms with Crippen LogP contribution >= 0.6 is 11.3 Å². The average Bonchev–Trinajstić information content (AvgIpc) is 3.26. The van der Waals surface area contributed by atoms with Gasteiger partial charge in [-0.15, -0.1) is 11.3 Å². The maximum Gasteiger partial charge on any atom is 0.265 e. The molecule has 0 spiro atoms. The molecule has 2 aromatic heterocycles. The van der Waals surface area contributed by atoms with Gasteiger partial charge in [-0.2, -0.15) is 5.10 Å². The van der Waals surface area contributed by atoms with Crippen LogP contribution in [0.5, 0.6) is 0 Å². The van der Waals surface area contributed by atoms with E-state index in [2.05, 4.69) is 26.9 Å². The Labute approximate surface area is 131 Å². The number of nitrogens with zero attached hydrogens (tertiary/aromatic N) is 1. The van der Waals surface area contributed by atoms with Crippen LogP contribution < -0.4 is 10.6 Å². The number of H-pyrrole nitrogens is 1. The third-order valence-electron chi connectivity index (χ3n) is 3.95. The molecule has 112 valence electrons. The van der Waals surface area contributed by atoms with Gasteiger partial charge in [0.15, 0.2) is 0 Å². The SMILES string of the molecule is O=C(Nc1ccc2cn[nH]c2c1)c1ccc(C2CCCN2)s1. The minimum Gasteiger partial charge on any atom is -0.321 e. The monoisotopic (exact) mass is 312 g/mol. The van der Waals surface area contributed by atoms with E-state index in [9.17, 15) is 4.79 Å². The van der Waals surface area contributed by atoms with Crippen LogP contribution in [0.25, 0.3) is 10.9 Å². The number of carbonyl (C=O) groups excluding carboxylic acids is 1. The number of carbonyl (C=O) groups is 1. The van der Waals surface area contributed by atoms with Gasteiger partial charge >= 0.3 is 0 Å². The highest BCUT2D eigenvalue weighted by atomic mass is 32.1. The van der Waals surface area contributed by atoms with Gasteiger partial charge in [-0.25, -0.2) is 0 Å². The number of nitrogens with one attached hydrogen (secondary N) is 3. The molecule has 1 aromatic carbocycles. The largest absolute Gasteiger partial charge is 0.321 e. The zero-order valence-corrected chi connectivity index (χ0v) is 12.7. The molecule has 6 heteroatoms. The molecule has 1 unspecified atom stereocenters. The van der Waals surface area contributed by atoms with Crippen molar-refractivity contribution in [3.8, 4) is 0 Å². The molecule has 1 aliphatic rings. The van der Waals surface area contributed by atoms with Crippen LogP contribution in [0.15, 0.2) is 36.5 Å². The zero-order valence-electron chi connectivity index (χ0n) is 11.9. The lowest BCUT2D eigenvalue weighted by Crippen LogP contribution is -2.11. The summed E-state index contributed by atoms with van der Waals surface area (Å²) in [5.41, 5.74) is 1.69. The summed E-state index contributed by atoms with van der Waals surface area (Å²) in [5, 5.41) is 14.3. The van der Waals surface area contributed by atoms with Crippen LogP contribution in [-0.2, 0) is 0 Å². The Kier molecular flexibility index (Phi) is 3.40. The molecule has 1 atom stereocenters. The summed E-state index contributed by atoms with van der Waals surface area (Å²) < 4.78 is 0. The van der Waals surface area contributed by atoms with Crippen molar-refractivity contribution in [2.75, 3.05) is 11.9 Å². The molecule has 5 nitrogen and oxygen atoms in total. The molecule has 1 amide bonds. The highest BCUT2D eigenvalue weighted by Gasteiger charge is 2.19. The summed E-state index contributed by atoms with van der Waals surface area (Å²) in [6.45, 7) is 1.06. The van der Waals surface area contributed by atoms with Gasteiger partial charge in [-0.3, -0.25) is 9.89 Å². The van der Waals surface area contributed by atoms with Gasteiger partial charge in [0.2, 0.25) is 0 Å². The number of hydrogen-bond acceptors (Lipinski definition) is 4. The number of aromatic nitrogens is 2. The third-order valence-corrected chi connectivity index (χ3v) is 5.15. The van der Waals surface area contributed by atoms with Crippen LogP contribution in [0.3, 0.4) is 0 Å². The predicted octanol–water partition coefficient (Wildman–Crippen LogP) is 3.30. The molecule has 1 aliphatic heterocycles. The maximum absolute atomic E-state index is 12.4. The van der Waals surface area contributed by atoms with Gasteiger partial charge in [0.25, 0.3) is 5.91 Å². The Morgan fingerprint density at radius 2 is 2.27 bits per heavy atom. The van der Waals surface area contributed by atoms with Crippen molar-refractivity contribution in [2.24, 2.45) is 0 Å². The van der Waals surface area contributed by atoms with E-state index in [4.69, 9.17) is 0 Å². The summed E-state index contributed by atoms with van der Waals surface area (Å²) in [5.74, 6) is -0.0619. The summed E-state index contributed by atoms with van der Waals surface area (Å²) in [4.78, 5) is 14.4. The van der Waals surface area contributed by atoms with Crippen molar-refractivity contribution in [3.05, 3.63) is 46.3 Å². The van der Waals surface area contributed by atoms with E-state index >= 15 is 0 Å². The molecule has 0 aliphatic carbocycles. The zero-order chi connectivity index (χ0) is 14.9. The lowest BCUT2D eigenvalue weighted by Gasteiger charge is -2.06. The van der Waals surface area contributed by atoms with Crippen LogP contribution in [0, 0.1) is 0 Å². The lowest BCUT2D eigenvalue weighted by atomic mass is 10.2. The summed E-state index contributed by atoms with van der Waals surface area (Å²) in [7, 11) is 0. The fraction of sp³-hybridized carbons (Fsp3) is 0.250. The molecule has 3 N–H and O–H groups in total. The maximum atomic E-state index is 12.4. The predicted molar refractivity (Wildman–Crippen MR) is 88.3 cm³/mol. The molecule has 1 fully saturated rings. The van der Waals surface area contributed by atoms with E-state index < -0.39 is 0 Å².